The van der Waals surface area contributed by atoms with E-state index in [9.17, 15) is 0 Å². The minimum absolute atomic E-state index is 0.159. The lowest BCUT2D eigenvalue weighted by Crippen LogP contribution is -2.36. The number of fused-ring (bicyclic) bond motifs is 4. The molecule has 5 aliphatic carbocycles. The van der Waals surface area contributed by atoms with E-state index in [0.29, 0.717) is 5.92 Å². The van der Waals surface area contributed by atoms with E-state index in [2.05, 4.69) is 129 Å². The van der Waals surface area contributed by atoms with Gasteiger partial charge in [-0.05, 0) is 66.7 Å². The fourth-order valence-corrected chi connectivity index (χ4v) is 7.28. The fraction of sp³-hybridized carbons (Fsp3) is 0.263. The minimum atomic E-state index is -0.317. The molecule has 0 amide bonds. The number of hydrogen-bond donors (Lipinski definition) is 1. The molecule has 0 fully saturated rings. The summed E-state index contributed by atoms with van der Waals surface area (Å²) in [6, 6.07) is 0.159. The van der Waals surface area contributed by atoms with E-state index < -0.39 is 0 Å². The summed E-state index contributed by atoms with van der Waals surface area (Å²) in [7, 11) is 0. The standard InChI is InChI=1S/C38H37N3/c1-5-11-33-31(23-39-37-28-16-8-18-30(37)29-17-7-13-25(29)21-28)38(3,4)32(34(40-33)12-6-2)24-41-35-19-9-14-26(35)22-27-15-10-20-36(27)41/h5-8,11-16,18-20,23-24,30,37,40H,2,9,17,21-22H2,1,3-4H3/b11-5-,32-24+,34-12+,39-23?. The molecular formula is C38H37N3. The van der Waals surface area contributed by atoms with Gasteiger partial charge in [-0.2, -0.15) is 0 Å². The van der Waals surface area contributed by atoms with Crippen molar-refractivity contribution in [1.82, 2.24) is 10.2 Å². The van der Waals surface area contributed by atoms with Crippen LogP contribution in [-0.2, 0) is 0 Å². The van der Waals surface area contributed by atoms with Crippen LogP contribution in [0.4, 0.5) is 0 Å². The van der Waals surface area contributed by atoms with E-state index in [0.717, 1.165) is 37.1 Å². The molecule has 2 bridgehead atoms. The molecule has 2 aliphatic heterocycles. The Bertz CT molecular complexity index is 1690. The Hall–Kier alpha value is -4.33. The number of aliphatic imine (C=N–C) groups is 1. The van der Waals surface area contributed by atoms with Crippen LogP contribution < -0.4 is 5.32 Å². The van der Waals surface area contributed by atoms with E-state index in [1.165, 1.54) is 44.8 Å². The SMILES string of the molecule is C=C/C=C1/NC(/C=C\C)=C(C=NC2C3=CC=CC2C2=C(C=CC2)C3)C(C)(C)/C1=C/N1C2=CCC=C2CC2=C1C=C=C2. The molecule has 2 heterocycles. The molecule has 2 atom stereocenters. The van der Waals surface area contributed by atoms with Gasteiger partial charge in [0.25, 0.3) is 0 Å². The summed E-state index contributed by atoms with van der Waals surface area (Å²) in [6.07, 6.45) is 37.2. The van der Waals surface area contributed by atoms with E-state index >= 15 is 0 Å². The molecule has 0 spiro atoms. The molecule has 2 unspecified atom stereocenters. The van der Waals surface area contributed by atoms with Gasteiger partial charge in [-0.15, -0.1) is 5.73 Å². The predicted molar refractivity (Wildman–Crippen MR) is 170 cm³/mol. The van der Waals surface area contributed by atoms with E-state index in [1.54, 1.807) is 5.57 Å². The first kappa shape index (κ1) is 25.6. The van der Waals surface area contributed by atoms with Crippen LogP contribution >= 0.6 is 0 Å². The maximum absolute atomic E-state index is 5.37. The summed E-state index contributed by atoms with van der Waals surface area (Å²) in [5.41, 5.74) is 17.3. The third kappa shape index (κ3) is 4.15. The molecule has 0 aromatic rings. The van der Waals surface area contributed by atoms with Crippen molar-refractivity contribution in [3.05, 3.63) is 159 Å². The first-order chi connectivity index (χ1) is 20.0. The lowest BCUT2D eigenvalue weighted by atomic mass is 9.72. The van der Waals surface area contributed by atoms with Crippen molar-refractivity contribution in [2.24, 2.45) is 16.3 Å². The summed E-state index contributed by atoms with van der Waals surface area (Å²) >= 11 is 0. The highest BCUT2D eigenvalue weighted by molar-refractivity contribution is 5.85. The van der Waals surface area contributed by atoms with Crippen LogP contribution in [0.25, 0.3) is 0 Å². The van der Waals surface area contributed by atoms with Gasteiger partial charge < -0.3 is 10.2 Å². The zero-order valence-electron chi connectivity index (χ0n) is 24.2. The summed E-state index contributed by atoms with van der Waals surface area (Å²) in [5.74, 6) is 0.349. The zero-order valence-corrected chi connectivity index (χ0v) is 24.2. The van der Waals surface area contributed by atoms with Crippen LogP contribution in [0.15, 0.2) is 164 Å². The van der Waals surface area contributed by atoms with Gasteiger partial charge >= 0.3 is 0 Å². The third-order valence-corrected chi connectivity index (χ3v) is 9.36. The molecule has 0 saturated heterocycles. The largest absolute Gasteiger partial charge is 0.355 e. The second-order valence-electron chi connectivity index (χ2n) is 12.1. The Balaban J connectivity index is 1.32. The van der Waals surface area contributed by atoms with Crippen molar-refractivity contribution in [3.63, 3.8) is 0 Å². The molecule has 0 radical (unpaired) electrons. The smallest absolute Gasteiger partial charge is 0.0815 e. The van der Waals surface area contributed by atoms with Crippen LogP contribution in [0.1, 0.15) is 46.5 Å². The summed E-state index contributed by atoms with van der Waals surface area (Å²) in [5, 5.41) is 3.76. The molecule has 0 aromatic heterocycles. The summed E-state index contributed by atoms with van der Waals surface area (Å²) in [6.45, 7) is 10.8. The van der Waals surface area contributed by atoms with Crippen molar-refractivity contribution >= 4 is 6.21 Å². The molecule has 7 aliphatic rings. The van der Waals surface area contributed by atoms with E-state index in [1.807, 2.05) is 6.08 Å². The maximum Gasteiger partial charge on any atom is 0.0815 e. The van der Waals surface area contributed by atoms with Gasteiger partial charge in [0.15, 0.2) is 0 Å². The van der Waals surface area contributed by atoms with Gasteiger partial charge in [0, 0.05) is 64.5 Å². The van der Waals surface area contributed by atoms with Gasteiger partial charge in [-0.25, -0.2) is 0 Å². The van der Waals surface area contributed by atoms with Gasteiger partial charge in [0.1, 0.15) is 0 Å². The lowest BCUT2D eigenvalue weighted by molar-refractivity contribution is 0.498. The normalized spacial score (nSPS) is 29.1. The molecular weight excluding hydrogens is 498 g/mol. The van der Waals surface area contributed by atoms with E-state index in [-0.39, 0.29) is 11.5 Å². The Morgan fingerprint density at radius 3 is 2.93 bits per heavy atom. The van der Waals surface area contributed by atoms with Crippen LogP contribution in [-0.4, -0.2) is 17.2 Å². The highest BCUT2D eigenvalue weighted by Crippen LogP contribution is 2.47. The lowest BCUT2D eigenvalue weighted by Gasteiger charge is -2.40. The van der Waals surface area contributed by atoms with E-state index in [4.69, 9.17) is 4.99 Å². The second-order valence-corrected chi connectivity index (χ2v) is 12.1. The Labute approximate surface area is 244 Å². The number of nitrogens with one attached hydrogen (secondary N) is 1. The molecule has 41 heavy (non-hydrogen) atoms. The summed E-state index contributed by atoms with van der Waals surface area (Å²) in [4.78, 5) is 7.75. The van der Waals surface area contributed by atoms with Gasteiger partial charge in [0.05, 0.1) is 11.7 Å². The average Bonchev–Trinajstić information content (AvgIpc) is 3.71. The minimum Gasteiger partial charge on any atom is -0.355 e. The number of rotatable bonds is 5. The first-order valence-electron chi connectivity index (χ1n) is 14.8. The van der Waals surface area contributed by atoms with Crippen molar-refractivity contribution in [2.75, 3.05) is 0 Å². The number of nitrogens with zero attached hydrogens (tertiary/aromatic N) is 2. The molecule has 0 saturated carbocycles. The molecule has 204 valence electrons. The number of hydrogen-bond acceptors (Lipinski definition) is 3. The first-order valence-corrected chi connectivity index (χ1v) is 14.8. The zero-order chi connectivity index (χ0) is 28.1. The van der Waals surface area contributed by atoms with Gasteiger partial charge in [0.2, 0.25) is 0 Å². The fourth-order valence-electron chi connectivity index (χ4n) is 7.28. The van der Waals surface area contributed by atoms with Crippen LogP contribution in [0.5, 0.6) is 0 Å². The maximum atomic E-state index is 5.37. The summed E-state index contributed by atoms with van der Waals surface area (Å²) < 4.78 is 0. The second kappa shape index (κ2) is 9.94. The predicted octanol–water partition coefficient (Wildman–Crippen LogP) is 8.51. The Morgan fingerprint density at radius 1 is 1.17 bits per heavy atom. The third-order valence-electron chi connectivity index (χ3n) is 9.36. The van der Waals surface area contributed by atoms with Crippen LogP contribution in [0.3, 0.4) is 0 Å². The highest BCUT2D eigenvalue weighted by Gasteiger charge is 2.39. The molecule has 7 rings (SSSR count). The van der Waals surface area contributed by atoms with Crippen molar-refractivity contribution in [3.8, 4) is 0 Å². The van der Waals surface area contributed by atoms with Crippen molar-refractivity contribution < 1.29 is 0 Å². The molecule has 0 aromatic carbocycles. The molecule has 1 N–H and O–H groups in total. The molecule has 3 nitrogen and oxygen atoms in total. The van der Waals surface area contributed by atoms with Crippen LogP contribution in [0, 0.1) is 11.3 Å². The monoisotopic (exact) mass is 535 g/mol. The average molecular weight is 536 g/mol. The van der Waals surface area contributed by atoms with Crippen LogP contribution in [0.2, 0.25) is 0 Å². The van der Waals surface area contributed by atoms with Gasteiger partial charge in [-0.1, -0.05) is 80.7 Å². The Kier molecular flexibility index (Phi) is 6.21. The highest BCUT2D eigenvalue weighted by atomic mass is 15.2. The molecule has 3 heteroatoms. The van der Waals surface area contributed by atoms with Crippen molar-refractivity contribution in [1.29, 1.82) is 0 Å². The van der Waals surface area contributed by atoms with Crippen molar-refractivity contribution in [2.45, 2.75) is 52.5 Å². The topological polar surface area (TPSA) is 27.6 Å². The number of allylic oxidation sites excluding steroid dienone is 16. The van der Waals surface area contributed by atoms with Gasteiger partial charge in [-0.3, -0.25) is 4.99 Å². The Morgan fingerprint density at radius 2 is 2.07 bits per heavy atom. The quantitative estimate of drug-likeness (QED) is 0.282.